The standard InChI is InChI=1S/C16H24N6O3/c1-3-12-18-14(24-20-12)10-22(4-2)16(23)17-9-8-13-19-15(25-21-13)11-6-5-7-11/h11H,3-10H2,1-2H3,(H,17,23). The van der Waals surface area contributed by atoms with Crippen molar-refractivity contribution in [2.75, 3.05) is 13.1 Å². The van der Waals surface area contributed by atoms with Crippen LogP contribution in [0.2, 0.25) is 0 Å². The van der Waals surface area contributed by atoms with Gasteiger partial charge in [-0.05, 0) is 19.8 Å². The van der Waals surface area contributed by atoms with Crippen molar-refractivity contribution in [1.82, 2.24) is 30.5 Å². The van der Waals surface area contributed by atoms with Gasteiger partial charge < -0.3 is 19.3 Å². The van der Waals surface area contributed by atoms with Crippen LogP contribution in [0.1, 0.15) is 62.5 Å². The average Bonchev–Trinajstić information content (AvgIpc) is 3.20. The molecule has 1 N–H and O–H groups in total. The summed E-state index contributed by atoms with van der Waals surface area (Å²) < 4.78 is 10.4. The van der Waals surface area contributed by atoms with Crippen LogP contribution in [0.3, 0.4) is 0 Å². The Labute approximate surface area is 146 Å². The minimum Gasteiger partial charge on any atom is -0.339 e. The number of hydrogen-bond donors (Lipinski definition) is 1. The molecule has 2 aromatic heterocycles. The summed E-state index contributed by atoms with van der Waals surface area (Å²) in [6, 6.07) is -0.179. The molecule has 0 aliphatic heterocycles. The summed E-state index contributed by atoms with van der Waals surface area (Å²) in [4.78, 5) is 22.5. The lowest BCUT2D eigenvalue weighted by atomic mass is 9.85. The van der Waals surface area contributed by atoms with E-state index in [9.17, 15) is 4.79 Å². The highest BCUT2D eigenvalue weighted by molar-refractivity contribution is 5.73. The largest absolute Gasteiger partial charge is 0.339 e. The Kier molecular flexibility index (Phi) is 5.62. The molecule has 0 saturated heterocycles. The van der Waals surface area contributed by atoms with Crippen LogP contribution in [0.25, 0.3) is 0 Å². The molecule has 136 valence electrons. The van der Waals surface area contributed by atoms with E-state index in [0.29, 0.717) is 55.9 Å². The third-order valence-corrected chi connectivity index (χ3v) is 4.38. The van der Waals surface area contributed by atoms with Crippen LogP contribution in [0.4, 0.5) is 4.79 Å². The quantitative estimate of drug-likeness (QED) is 0.777. The molecule has 2 aromatic rings. The van der Waals surface area contributed by atoms with Crippen molar-refractivity contribution in [3.8, 4) is 0 Å². The zero-order valence-electron chi connectivity index (χ0n) is 14.7. The molecular weight excluding hydrogens is 324 g/mol. The van der Waals surface area contributed by atoms with Crippen molar-refractivity contribution in [1.29, 1.82) is 0 Å². The smallest absolute Gasteiger partial charge is 0.317 e. The Bertz CT molecular complexity index is 694. The lowest BCUT2D eigenvalue weighted by Gasteiger charge is -2.20. The van der Waals surface area contributed by atoms with Crippen molar-refractivity contribution in [2.24, 2.45) is 0 Å². The molecule has 2 heterocycles. The van der Waals surface area contributed by atoms with Gasteiger partial charge in [0.15, 0.2) is 11.6 Å². The SMILES string of the molecule is CCc1noc(CN(CC)C(=O)NCCc2noc(C3CCC3)n2)n1. The van der Waals surface area contributed by atoms with Crippen LogP contribution in [0.15, 0.2) is 9.05 Å². The van der Waals surface area contributed by atoms with E-state index >= 15 is 0 Å². The fourth-order valence-electron chi connectivity index (χ4n) is 2.57. The minimum atomic E-state index is -0.179. The second-order valence-electron chi connectivity index (χ2n) is 6.13. The van der Waals surface area contributed by atoms with E-state index in [1.165, 1.54) is 6.42 Å². The number of aromatic nitrogens is 4. The number of hydrogen-bond acceptors (Lipinski definition) is 7. The van der Waals surface area contributed by atoms with E-state index in [1.54, 1.807) is 4.90 Å². The predicted octanol–water partition coefficient (Wildman–Crippen LogP) is 2.06. The number of nitrogens with zero attached hydrogens (tertiary/aromatic N) is 5. The molecule has 25 heavy (non-hydrogen) atoms. The summed E-state index contributed by atoms with van der Waals surface area (Å²) in [5.74, 6) is 2.87. The molecule has 1 saturated carbocycles. The van der Waals surface area contributed by atoms with E-state index in [0.717, 1.165) is 18.7 Å². The molecule has 1 fully saturated rings. The number of rotatable bonds is 8. The average molecular weight is 348 g/mol. The Hall–Kier alpha value is -2.45. The third kappa shape index (κ3) is 4.34. The lowest BCUT2D eigenvalue weighted by Crippen LogP contribution is -2.40. The van der Waals surface area contributed by atoms with Crippen LogP contribution in [0, 0.1) is 0 Å². The normalized spacial score (nSPS) is 14.3. The van der Waals surface area contributed by atoms with Crippen LogP contribution >= 0.6 is 0 Å². The summed E-state index contributed by atoms with van der Waals surface area (Å²) in [6.45, 7) is 5.14. The van der Waals surface area contributed by atoms with Crippen molar-refractivity contribution < 1.29 is 13.8 Å². The van der Waals surface area contributed by atoms with Gasteiger partial charge in [0.25, 0.3) is 0 Å². The number of urea groups is 1. The van der Waals surface area contributed by atoms with Crippen molar-refractivity contribution in [2.45, 2.75) is 58.4 Å². The third-order valence-electron chi connectivity index (χ3n) is 4.38. The van der Waals surface area contributed by atoms with Crippen molar-refractivity contribution >= 4 is 6.03 Å². The maximum atomic E-state index is 12.3. The zero-order valence-corrected chi connectivity index (χ0v) is 14.7. The Morgan fingerprint density at radius 3 is 2.64 bits per heavy atom. The first-order valence-electron chi connectivity index (χ1n) is 8.86. The molecule has 0 spiro atoms. The Balaban J connectivity index is 1.44. The van der Waals surface area contributed by atoms with Gasteiger partial charge in [-0.25, -0.2) is 4.79 Å². The van der Waals surface area contributed by atoms with Crippen LogP contribution in [-0.2, 0) is 19.4 Å². The van der Waals surface area contributed by atoms with E-state index in [1.807, 2.05) is 13.8 Å². The highest BCUT2D eigenvalue weighted by atomic mass is 16.5. The van der Waals surface area contributed by atoms with E-state index in [-0.39, 0.29) is 6.03 Å². The van der Waals surface area contributed by atoms with Gasteiger partial charge in [-0.15, -0.1) is 0 Å². The van der Waals surface area contributed by atoms with Crippen molar-refractivity contribution in [3.05, 3.63) is 23.4 Å². The van der Waals surface area contributed by atoms with Crippen molar-refractivity contribution in [3.63, 3.8) is 0 Å². The number of aryl methyl sites for hydroxylation is 1. The predicted molar refractivity (Wildman–Crippen MR) is 87.8 cm³/mol. The van der Waals surface area contributed by atoms with Crippen LogP contribution in [-0.4, -0.2) is 44.3 Å². The first-order valence-corrected chi connectivity index (χ1v) is 8.86. The monoisotopic (exact) mass is 348 g/mol. The summed E-state index contributed by atoms with van der Waals surface area (Å²) in [5, 5.41) is 10.7. The summed E-state index contributed by atoms with van der Waals surface area (Å²) in [5.41, 5.74) is 0. The maximum absolute atomic E-state index is 12.3. The van der Waals surface area contributed by atoms with Crippen LogP contribution < -0.4 is 5.32 Å². The number of amides is 2. The van der Waals surface area contributed by atoms with E-state index in [4.69, 9.17) is 9.05 Å². The first-order chi connectivity index (χ1) is 12.2. The molecule has 0 atom stereocenters. The topological polar surface area (TPSA) is 110 Å². The second kappa shape index (κ2) is 8.09. The van der Waals surface area contributed by atoms with Crippen LogP contribution in [0.5, 0.6) is 0 Å². The molecular formula is C16H24N6O3. The molecule has 2 amide bonds. The first kappa shape index (κ1) is 17.4. The Morgan fingerprint density at radius 1 is 1.20 bits per heavy atom. The van der Waals surface area contributed by atoms with Gasteiger partial charge in [-0.2, -0.15) is 9.97 Å². The minimum absolute atomic E-state index is 0.179. The summed E-state index contributed by atoms with van der Waals surface area (Å²) >= 11 is 0. The highest BCUT2D eigenvalue weighted by Gasteiger charge is 2.25. The number of carbonyl (C=O) groups is 1. The Morgan fingerprint density at radius 2 is 2.00 bits per heavy atom. The fourth-order valence-corrected chi connectivity index (χ4v) is 2.57. The molecule has 3 rings (SSSR count). The molecule has 0 bridgehead atoms. The van der Waals surface area contributed by atoms with E-state index in [2.05, 4.69) is 25.6 Å². The van der Waals surface area contributed by atoms with Gasteiger partial charge in [0.1, 0.15) is 6.54 Å². The molecule has 0 unspecified atom stereocenters. The molecule has 1 aliphatic rings. The number of nitrogens with one attached hydrogen (secondary N) is 1. The number of carbonyl (C=O) groups excluding carboxylic acids is 1. The van der Waals surface area contributed by atoms with E-state index < -0.39 is 0 Å². The van der Waals surface area contributed by atoms with Gasteiger partial charge in [-0.1, -0.05) is 23.7 Å². The van der Waals surface area contributed by atoms with Gasteiger partial charge >= 0.3 is 6.03 Å². The molecule has 0 radical (unpaired) electrons. The maximum Gasteiger partial charge on any atom is 0.317 e. The highest BCUT2D eigenvalue weighted by Crippen LogP contribution is 2.35. The zero-order chi connectivity index (χ0) is 17.6. The molecule has 0 aromatic carbocycles. The molecule has 1 aliphatic carbocycles. The van der Waals surface area contributed by atoms with Gasteiger partial charge in [-0.3, -0.25) is 0 Å². The lowest BCUT2D eigenvalue weighted by molar-refractivity contribution is 0.189. The second-order valence-corrected chi connectivity index (χ2v) is 6.13. The molecule has 9 heteroatoms. The molecule has 9 nitrogen and oxygen atoms in total. The van der Waals surface area contributed by atoms with Gasteiger partial charge in [0.05, 0.1) is 0 Å². The van der Waals surface area contributed by atoms with Gasteiger partial charge in [0, 0.05) is 31.8 Å². The fraction of sp³-hybridized carbons (Fsp3) is 0.688. The van der Waals surface area contributed by atoms with Gasteiger partial charge in [0.2, 0.25) is 11.8 Å². The summed E-state index contributed by atoms with van der Waals surface area (Å²) in [7, 11) is 0. The summed E-state index contributed by atoms with van der Waals surface area (Å²) in [6.07, 6.45) is 4.72.